The second kappa shape index (κ2) is 9.83. The monoisotopic (exact) mass is 449 g/mol. The van der Waals surface area contributed by atoms with Crippen LogP contribution in [0.1, 0.15) is 46.2 Å². The van der Waals surface area contributed by atoms with Gasteiger partial charge in [-0.1, -0.05) is 42.5 Å². The van der Waals surface area contributed by atoms with Gasteiger partial charge >= 0.3 is 0 Å². The first-order chi connectivity index (χ1) is 16.7. The lowest BCUT2D eigenvalue weighted by molar-refractivity contribution is 0.0733. The molecule has 1 saturated heterocycles. The first kappa shape index (κ1) is 21.8. The minimum atomic E-state index is -0.0517. The lowest BCUT2D eigenvalue weighted by atomic mass is 10.1. The summed E-state index contributed by atoms with van der Waals surface area (Å²) in [7, 11) is 0. The van der Waals surface area contributed by atoms with Gasteiger partial charge in [-0.3, -0.25) is 9.78 Å². The number of nitrogens with zero attached hydrogens (tertiary/aromatic N) is 4. The van der Waals surface area contributed by atoms with E-state index in [-0.39, 0.29) is 11.9 Å². The van der Waals surface area contributed by atoms with E-state index in [1.807, 2.05) is 84.6 Å². The number of benzene rings is 2. The van der Waals surface area contributed by atoms with Crippen LogP contribution in [0.5, 0.6) is 0 Å². The van der Waals surface area contributed by atoms with E-state index in [2.05, 4.69) is 15.3 Å². The van der Waals surface area contributed by atoms with Crippen LogP contribution >= 0.6 is 0 Å². The molecule has 3 heterocycles. The van der Waals surface area contributed by atoms with Gasteiger partial charge in [0.25, 0.3) is 5.91 Å². The molecule has 5 rings (SSSR count). The number of nitrogens with one attached hydrogen (secondary N) is 1. The van der Waals surface area contributed by atoms with Crippen LogP contribution in [0.3, 0.4) is 0 Å². The average molecular weight is 450 g/mol. The number of anilines is 1. The Hall–Kier alpha value is -4.06. The predicted molar refractivity (Wildman–Crippen MR) is 133 cm³/mol. The maximum absolute atomic E-state index is 13.6. The van der Waals surface area contributed by atoms with Crippen molar-refractivity contribution in [3.8, 4) is 11.4 Å². The number of amides is 1. The number of carbonyl (C=O) groups excluding carboxylic acids is 1. The van der Waals surface area contributed by atoms with Gasteiger partial charge in [0.05, 0.1) is 24.0 Å². The first-order valence-electron chi connectivity index (χ1n) is 11.6. The second-order valence-corrected chi connectivity index (χ2v) is 8.53. The fourth-order valence-corrected chi connectivity index (χ4v) is 4.40. The molecule has 0 aliphatic carbocycles. The number of likely N-dealkylation sites (tertiary alicyclic amines) is 1. The van der Waals surface area contributed by atoms with Crippen LogP contribution in [0.15, 0.2) is 85.2 Å². The molecule has 1 amide bonds. The van der Waals surface area contributed by atoms with Crippen molar-refractivity contribution in [3.05, 3.63) is 108 Å². The Morgan fingerprint density at radius 3 is 2.68 bits per heavy atom. The second-order valence-electron chi connectivity index (χ2n) is 8.53. The van der Waals surface area contributed by atoms with E-state index in [1.165, 1.54) is 0 Å². The topological polar surface area (TPSA) is 71.0 Å². The zero-order valence-corrected chi connectivity index (χ0v) is 19.2. The Bertz CT molecular complexity index is 1280. The molecule has 6 heteroatoms. The molecule has 0 bridgehead atoms. The van der Waals surface area contributed by atoms with Crippen LogP contribution in [-0.2, 0) is 6.54 Å². The fraction of sp³-hybridized carbons (Fsp3) is 0.214. The van der Waals surface area contributed by atoms with Crippen LogP contribution in [0.2, 0.25) is 0 Å². The van der Waals surface area contributed by atoms with Crippen molar-refractivity contribution in [1.29, 1.82) is 0 Å². The number of hydrogen-bond acceptors (Lipinski definition) is 5. The van der Waals surface area contributed by atoms with Crippen LogP contribution in [-0.4, -0.2) is 32.3 Å². The Kier molecular flexibility index (Phi) is 6.29. The van der Waals surface area contributed by atoms with Gasteiger partial charge in [-0.25, -0.2) is 9.97 Å². The Morgan fingerprint density at radius 1 is 1.00 bits per heavy atom. The van der Waals surface area contributed by atoms with Gasteiger partial charge in [-0.05, 0) is 55.7 Å². The van der Waals surface area contributed by atoms with Crippen molar-refractivity contribution in [3.63, 3.8) is 0 Å². The molecule has 1 aliphatic heterocycles. The Morgan fingerprint density at radius 2 is 1.85 bits per heavy atom. The quantitative estimate of drug-likeness (QED) is 0.425. The molecule has 2 aromatic carbocycles. The third kappa shape index (κ3) is 4.66. The van der Waals surface area contributed by atoms with E-state index in [0.29, 0.717) is 17.9 Å². The Balaban J connectivity index is 1.36. The van der Waals surface area contributed by atoms with Crippen LogP contribution in [0, 0.1) is 6.92 Å². The normalized spacial score (nSPS) is 15.3. The van der Waals surface area contributed by atoms with Gasteiger partial charge in [0, 0.05) is 35.8 Å². The number of rotatable bonds is 6. The third-order valence-electron chi connectivity index (χ3n) is 6.23. The maximum Gasteiger partial charge on any atom is 0.254 e. The number of pyridine rings is 1. The molecule has 0 radical (unpaired) electrons. The highest BCUT2D eigenvalue weighted by molar-refractivity contribution is 5.95. The summed E-state index contributed by atoms with van der Waals surface area (Å²) in [5, 5.41) is 3.43. The summed E-state index contributed by atoms with van der Waals surface area (Å²) in [5.41, 5.74) is 5.53. The summed E-state index contributed by atoms with van der Waals surface area (Å²) in [6.45, 7) is 3.37. The smallest absolute Gasteiger partial charge is 0.254 e. The minimum Gasteiger partial charge on any atom is -0.379 e. The summed E-state index contributed by atoms with van der Waals surface area (Å²) >= 11 is 0. The van der Waals surface area contributed by atoms with E-state index >= 15 is 0 Å². The van der Waals surface area contributed by atoms with Gasteiger partial charge in [0.15, 0.2) is 5.82 Å². The lowest BCUT2D eigenvalue weighted by Gasteiger charge is -2.25. The van der Waals surface area contributed by atoms with Crippen LogP contribution in [0.25, 0.3) is 11.4 Å². The molecule has 34 heavy (non-hydrogen) atoms. The SMILES string of the molecule is Cc1ccc(C(=O)N2CCCC2c2ccnc(-c3ccccc3)n2)cc1NCc1ccccn1. The fourth-order valence-electron chi connectivity index (χ4n) is 4.40. The molecule has 1 atom stereocenters. The lowest BCUT2D eigenvalue weighted by Crippen LogP contribution is -2.31. The Labute approximate surface area is 199 Å². The summed E-state index contributed by atoms with van der Waals surface area (Å²) < 4.78 is 0. The van der Waals surface area contributed by atoms with Gasteiger partial charge < -0.3 is 10.2 Å². The molecular formula is C28H27N5O. The highest BCUT2D eigenvalue weighted by Crippen LogP contribution is 2.33. The molecule has 4 aromatic rings. The molecule has 1 unspecified atom stereocenters. The van der Waals surface area contributed by atoms with E-state index in [9.17, 15) is 4.79 Å². The first-order valence-corrected chi connectivity index (χ1v) is 11.6. The molecule has 170 valence electrons. The molecule has 1 fully saturated rings. The predicted octanol–water partition coefficient (Wildman–Crippen LogP) is 5.44. The standard InChI is InChI=1S/C28H27N5O/c1-20-12-13-22(18-25(20)31-19-23-10-5-6-15-29-23)28(34)33-17-7-11-26(33)24-14-16-30-27(32-24)21-8-3-2-4-9-21/h2-6,8-10,12-16,18,26,31H,7,11,17,19H2,1H3. The van der Waals surface area contributed by atoms with Crippen molar-refractivity contribution in [2.45, 2.75) is 32.4 Å². The zero-order valence-electron chi connectivity index (χ0n) is 19.2. The number of aryl methyl sites for hydroxylation is 1. The maximum atomic E-state index is 13.6. The summed E-state index contributed by atoms with van der Waals surface area (Å²) in [4.78, 5) is 29.2. The highest BCUT2D eigenvalue weighted by Gasteiger charge is 2.32. The molecule has 0 saturated carbocycles. The van der Waals surface area contributed by atoms with Crippen molar-refractivity contribution >= 4 is 11.6 Å². The van der Waals surface area contributed by atoms with Gasteiger partial charge in [0.2, 0.25) is 0 Å². The third-order valence-corrected chi connectivity index (χ3v) is 6.23. The van der Waals surface area contributed by atoms with E-state index in [4.69, 9.17) is 4.98 Å². The van der Waals surface area contributed by atoms with Gasteiger partial charge in [-0.15, -0.1) is 0 Å². The molecule has 1 aliphatic rings. The molecule has 6 nitrogen and oxygen atoms in total. The summed E-state index contributed by atoms with van der Waals surface area (Å²) in [5.74, 6) is 0.719. The van der Waals surface area contributed by atoms with Crippen molar-refractivity contribution in [2.24, 2.45) is 0 Å². The highest BCUT2D eigenvalue weighted by atomic mass is 16.2. The summed E-state index contributed by atoms with van der Waals surface area (Å²) in [6, 6.07) is 23.5. The largest absolute Gasteiger partial charge is 0.379 e. The van der Waals surface area contributed by atoms with Gasteiger partial charge in [-0.2, -0.15) is 0 Å². The van der Waals surface area contributed by atoms with Crippen LogP contribution in [0.4, 0.5) is 5.69 Å². The van der Waals surface area contributed by atoms with E-state index in [0.717, 1.165) is 47.6 Å². The van der Waals surface area contributed by atoms with Crippen molar-refractivity contribution < 1.29 is 4.79 Å². The van der Waals surface area contributed by atoms with E-state index < -0.39 is 0 Å². The van der Waals surface area contributed by atoms with Crippen molar-refractivity contribution in [1.82, 2.24) is 19.9 Å². The molecule has 0 spiro atoms. The zero-order chi connectivity index (χ0) is 23.3. The summed E-state index contributed by atoms with van der Waals surface area (Å²) in [6.07, 6.45) is 5.43. The molecular weight excluding hydrogens is 422 g/mol. The minimum absolute atomic E-state index is 0.0308. The van der Waals surface area contributed by atoms with Gasteiger partial charge in [0.1, 0.15) is 0 Å². The molecule has 2 aromatic heterocycles. The van der Waals surface area contributed by atoms with Crippen LogP contribution < -0.4 is 5.32 Å². The number of carbonyl (C=O) groups is 1. The average Bonchev–Trinajstić information content (AvgIpc) is 3.39. The number of aromatic nitrogens is 3. The number of hydrogen-bond donors (Lipinski definition) is 1. The molecule has 1 N–H and O–H groups in total. The van der Waals surface area contributed by atoms with E-state index in [1.54, 1.807) is 12.4 Å². The van der Waals surface area contributed by atoms with Crippen molar-refractivity contribution in [2.75, 3.05) is 11.9 Å².